The number of anilines is 1. The van der Waals surface area contributed by atoms with Gasteiger partial charge in [-0.3, -0.25) is 14.4 Å². The average Bonchev–Trinajstić information content (AvgIpc) is 3.51. The molecule has 0 fully saturated rings. The maximum Gasteiger partial charge on any atom is 0.216 e. The Bertz CT molecular complexity index is 1330. The molecule has 0 aliphatic carbocycles. The predicted octanol–water partition coefficient (Wildman–Crippen LogP) is 3.39. The van der Waals surface area contributed by atoms with E-state index in [2.05, 4.69) is 25.8 Å². The van der Waals surface area contributed by atoms with Gasteiger partial charge in [0.15, 0.2) is 11.5 Å². The van der Waals surface area contributed by atoms with Crippen LogP contribution in [0.25, 0.3) is 11.0 Å². The number of aromatic nitrogens is 2. The molecule has 9 nitrogen and oxygen atoms in total. The largest absolute Gasteiger partial charge is 0.493 e. The highest BCUT2D eigenvalue weighted by atomic mass is 16.5. The van der Waals surface area contributed by atoms with Gasteiger partial charge in [0, 0.05) is 0 Å². The molecule has 0 spiro atoms. The first-order chi connectivity index (χ1) is 16.2. The summed E-state index contributed by atoms with van der Waals surface area (Å²) in [6.07, 6.45) is 1.50. The van der Waals surface area contributed by atoms with Crippen molar-refractivity contribution >= 4 is 22.9 Å². The Labute approximate surface area is 190 Å². The fraction of sp³-hybridized carbons (Fsp3) is 0.250. The van der Waals surface area contributed by atoms with Crippen molar-refractivity contribution in [2.45, 2.75) is 12.7 Å². The van der Waals surface area contributed by atoms with Gasteiger partial charge in [-0.25, -0.2) is 9.98 Å². The number of ether oxygens (including phenoxy) is 2. The lowest BCUT2D eigenvalue weighted by Gasteiger charge is -2.41. The summed E-state index contributed by atoms with van der Waals surface area (Å²) in [5.41, 5.74) is 3.00. The first-order valence-corrected chi connectivity index (χ1v) is 10.8. The van der Waals surface area contributed by atoms with Crippen LogP contribution in [0.4, 0.5) is 5.95 Å². The van der Waals surface area contributed by atoms with Gasteiger partial charge in [-0.1, -0.05) is 18.2 Å². The van der Waals surface area contributed by atoms with Crippen LogP contribution in [0.3, 0.4) is 0 Å². The number of guanidine groups is 1. The van der Waals surface area contributed by atoms with Crippen molar-refractivity contribution in [1.29, 1.82) is 0 Å². The summed E-state index contributed by atoms with van der Waals surface area (Å²) < 4.78 is 18.7. The molecule has 1 atom stereocenters. The van der Waals surface area contributed by atoms with Gasteiger partial charge >= 0.3 is 0 Å². The topological polar surface area (TPSA) is 80.3 Å². The van der Waals surface area contributed by atoms with E-state index in [-0.39, 0.29) is 6.17 Å². The zero-order chi connectivity index (χ0) is 22.4. The van der Waals surface area contributed by atoms with E-state index in [0.717, 1.165) is 34.3 Å². The van der Waals surface area contributed by atoms with Crippen LogP contribution in [0.1, 0.15) is 17.5 Å². The number of hydrogen-bond donors (Lipinski definition) is 1. The van der Waals surface area contributed by atoms with Crippen LogP contribution < -0.4 is 19.7 Å². The predicted molar refractivity (Wildman–Crippen MR) is 124 cm³/mol. The van der Waals surface area contributed by atoms with Crippen LogP contribution in [0.15, 0.2) is 70.3 Å². The molecule has 2 aliphatic heterocycles. The Balaban J connectivity index is 1.44. The number of benzene rings is 2. The second kappa shape index (κ2) is 7.86. The third-order valence-electron chi connectivity index (χ3n) is 6.04. The molecule has 4 aromatic rings. The van der Waals surface area contributed by atoms with Crippen molar-refractivity contribution in [2.24, 2.45) is 4.99 Å². The summed E-state index contributed by atoms with van der Waals surface area (Å²) in [5, 5.41) is 3.63. The number of rotatable bonds is 5. The number of furan rings is 1. The molecule has 0 saturated heterocycles. The Hall–Kier alpha value is -3.98. The number of nitrogens with zero attached hydrogens (tertiary/aromatic N) is 5. The molecule has 1 N–H and O–H groups in total. The minimum absolute atomic E-state index is 0.196. The molecule has 168 valence electrons. The van der Waals surface area contributed by atoms with E-state index >= 15 is 0 Å². The van der Waals surface area contributed by atoms with E-state index in [1.165, 1.54) is 0 Å². The maximum atomic E-state index is 5.56. The second-order valence-electron chi connectivity index (χ2n) is 8.03. The minimum atomic E-state index is -0.196. The lowest BCUT2D eigenvalue weighted by atomic mass is 10.1. The van der Waals surface area contributed by atoms with E-state index < -0.39 is 0 Å². The Morgan fingerprint density at radius 3 is 2.76 bits per heavy atom. The quantitative estimate of drug-likeness (QED) is 0.505. The van der Waals surface area contributed by atoms with Crippen LogP contribution in [-0.4, -0.2) is 48.0 Å². The molecule has 6 rings (SSSR count). The van der Waals surface area contributed by atoms with Crippen LogP contribution in [0.5, 0.6) is 11.5 Å². The average molecular weight is 444 g/mol. The molecule has 4 heterocycles. The van der Waals surface area contributed by atoms with Crippen molar-refractivity contribution in [2.75, 3.05) is 32.5 Å². The molecule has 1 unspecified atom stereocenters. The molecule has 33 heavy (non-hydrogen) atoms. The van der Waals surface area contributed by atoms with Crippen LogP contribution in [-0.2, 0) is 6.54 Å². The number of nitrogens with one attached hydrogen (secondary N) is 1. The van der Waals surface area contributed by atoms with E-state index in [4.69, 9.17) is 23.9 Å². The minimum Gasteiger partial charge on any atom is -0.493 e. The fourth-order valence-electron chi connectivity index (χ4n) is 4.49. The molecule has 0 radical (unpaired) electrons. The number of hydrogen-bond acceptors (Lipinski definition) is 8. The van der Waals surface area contributed by atoms with Gasteiger partial charge in [-0.05, 0) is 42.0 Å². The van der Waals surface area contributed by atoms with Crippen molar-refractivity contribution in [1.82, 2.24) is 19.8 Å². The first kappa shape index (κ1) is 19.7. The number of aliphatic imine (C=N–C) groups is 1. The Morgan fingerprint density at radius 1 is 1.06 bits per heavy atom. The summed E-state index contributed by atoms with van der Waals surface area (Å²) >= 11 is 0. The molecular weight excluding hydrogens is 420 g/mol. The molecule has 0 amide bonds. The molecule has 2 aromatic carbocycles. The summed E-state index contributed by atoms with van der Waals surface area (Å²) in [5.74, 6) is 3.93. The SMILES string of the molecule is COc1ccc(C2NC3=NCN(Cc4ccco4)CN3c3nc4ccccc4n32)cc1OC. The van der Waals surface area contributed by atoms with Gasteiger partial charge in [0.05, 0.1) is 51.4 Å². The third kappa shape index (κ3) is 3.28. The van der Waals surface area contributed by atoms with Gasteiger partial charge in [-0.2, -0.15) is 0 Å². The molecule has 2 aromatic heterocycles. The van der Waals surface area contributed by atoms with Gasteiger partial charge in [0.1, 0.15) is 11.9 Å². The lowest BCUT2D eigenvalue weighted by molar-refractivity contribution is 0.243. The van der Waals surface area contributed by atoms with Crippen LogP contribution in [0.2, 0.25) is 0 Å². The fourth-order valence-corrected chi connectivity index (χ4v) is 4.49. The van der Waals surface area contributed by atoms with E-state index in [1.54, 1.807) is 20.5 Å². The Morgan fingerprint density at radius 2 is 1.94 bits per heavy atom. The first-order valence-electron chi connectivity index (χ1n) is 10.8. The van der Waals surface area contributed by atoms with Gasteiger partial charge in [0.25, 0.3) is 0 Å². The van der Waals surface area contributed by atoms with Crippen molar-refractivity contribution < 1.29 is 13.9 Å². The lowest BCUT2D eigenvalue weighted by Crippen LogP contribution is -2.57. The number of methoxy groups -OCH3 is 2. The standard InChI is InChI=1S/C24H24N6O3/c1-31-20-10-9-16(12-21(20)32-2)22-27-23-25-14-28(13-17-6-5-11-33-17)15-29(23)24-26-18-7-3-4-8-19(18)30(22)24/h3-12,22H,13-15H2,1-2H3,(H,25,27). The summed E-state index contributed by atoms with van der Waals surface area (Å²) in [7, 11) is 3.29. The molecule has 9 heteroatoms. The van der Waals surface area contributed by atoms with Gasteiger partial charge < -0.3 is 19.2 Å². The highest BCUT2D eigenvalue weighted by molar-refractivity contribution is 5.98. The van der Waals surface area contributed by atoms with E-state index in [0.29, 0.717) is 31.4 Å². The zero-order valence-corrected chi connectivity index (χ0v) is 18.4. The summed E-state index contributed by atoms with van der Waals surface area (Å²) in [6, 6.07) is 18.0. The normalized spacial score (nSPS) is 17.8. The van der Waals surface area contributed by atoms with Crippen LogP contribution in [0, 0.1) is 0 Å². The maximum absolute atomic E-state index is 5.56. The third-order valence-corrected chi connectivity index (χ3v) is 6.04. The van der Waals surface area contributed by atoms with E-state index in [1.807, 2.05) is 48.5 Å². The molecule has 2 aliphatic rings. The van der Waals surface area contributed by atoms with Crippen molar-refractivity contribution in [3.8, 4) is 11.5 Å². The second-order valence-corrected chi connectivity index (χ2v) is 8.03. The van der Waals surface area contributed by atoms with Crippen LogP contribution >= 0.6 is 0 Å². The molecular formula is C24H24N6O3. The number of para-hydroxylation sites is 2. The summed E-state index contributed by atoms with van der Waals surface area (Å²) in [6.45, 7) is 1.90. The van der Waals surface area contributed by atoms with Crippen molar-refractivity contribution in [3.05, 3.63) is 72.2 Å². The highest BCUT2D eigenvalue weighted by Crippen LogP contribution is 2.37. The monoisotopic (exact) mass is 444 g/mol. The molecule has 0 saturated carbocycles. The number of fused-ring (bicyclic) bond motifs is 5. The zero-order valence-electron chi connectivity index (χ0n) is 18.4. The van der Waals surface area contributed by atoms with Crippen molar-refractivity contribution in [3.63, 3.8) is 0 Å². The van der Waals surface area contributed by atoms with Gasteiger partial charge in [0.2, 0.25) is 11.9 Å². The smallest absolute Gasteiger partial charge is 0.216 e. The van der Waals surface area contributed by atoms with Gasteiger partial charge in [-0.15, -0.1) is 0 Å². The highest BCUT2D eigenvalue weighted by Gasteiger charge is 2.36. The van der Waals surface area contributed by atoms with E-state index in [9.17, 15) is 0 Å². The molecule has 0 bridgehead atoms. The Kier molecular flexibility index (Phi) is 4.69. The summed E-state index contributed by atoms with van der Waals surface area (Å²) in [4.78, 5) is 14.2. The number of imidazole rings is 1.